The molecule has 0 aliphatic carbocycles. The normalized spacial score (nSPS) is 15.6. The van der Waals surface area contributed by atoms with Crippen molar-refractivity contribution in [1.82, 2.24) is 4.72 Å². The molecule has 21 heavy (non-hydrogen) atoms. The highest BCUT2D eigenvalue weighted by Crippen LogP contribution is 2.28. The molecule has 0 amide bonds. The van der Waals surface area contributed by atoms with Crippen LogP contribution in [0, 0.1) is 6.92 Å². The molecule has 3 nitrogen and oxygen atoms in total. The summed E-state index contributed by atoms with van der Waals surface area (Å²) in [6.45, 7) is 8.87. The molecule has 1 aromatic rings. The second kappa shape index (κ2) is 6.36. The summed E-state index contributed by atoms with van der Waals surface area (Å²) in [5.41, 5.74) is 1.12. The Morgan fingerprint density at radius 1 is 1.24 bits per heavy atom. The van der Waals surface area contributed by atoms with Gasteiger partial charge in [0.2, 0.25) is 0 Å². The Bertz CT molecular complexity index is 524. The van der Waals surface area contributed by atoms with E-state index < -0.39 is 22.1 Å². The van der Waals surface area contributed by atoms with Crippen molar-refractivity contribution >= 4 is 11.0 Å². The predicted molar refractivity (Wildman–Crippen MR) is 77.3 cm³/mol. The number of ether oxygens (including phenoxy) is 1. The molecule has 1 aromatic carbocycles. The SMILES string of the molecule is Cc1cc(C(C)N[S@](=O)C(C)(C)C)ccc1OC(F)(F)F. The number of nitrogens with one attached hydrogen (secondary N) is 1. The summed E-state index contributed by atoms with van der Waals surface area (Å²) >= 11 is 0. The number of hydrogen-bond acceptors (Lipinski definition) is 2. The molecule has 1 rings (SSSR count). The Morgan fingerprint density at radius 2 is 1.81 bits per heavy atom. The Labute approximate surface area is 125 Å². The van der Waals surface area contributed by atoms with Crippen LogP contribution in [0.2, 0.25) is 0 Å². The van der Waals surface area contributed by atoms with Crippen LogP contribution in [-0.2, 0) is 11.0 Å². The van der Waals surface area contributed by atoms with Crippen LogP contribution in [0.15, 0.2) is 18.2 Å². The summed E-state index contributed by atoms with van der Waals surface area (Å²) in [6, 6.07) is 4.16. The molecule has 0 spiro atoms. The minimum absolute atomic E-state index is 0.226. The number of hydrogen-bond donors (Lipinski definition) is 1. The van der Waals surface area contributed by atoms with Crippen LogP contribution in [0.4, 0.5) is 13.2 Å². The lowest BCUT2D eigenvalue weighted by Crippen LogP contribution is -2.34. The number of rotatable bonds is 4. The molecule has 0 heterocycles. The molecule has 0 aliphatic rings. The van der Waals surface area contributed by atoms with Gasteiger partial charge in [-0.2, -0.15) is 0 Å². The molecule has 120 valence electrons. The fourth-order valence-electron chi connectivity index (χ4n) is 1.59. The van der Waals surface area contributed by atoms with Gasteiger partial charge in [-0.3, -0.25) is 0 Å². The summed E-state index contributed by atoms with van der Waals surface area (Å²) in [4.78, 5) is 0. The van der Waals surface area contributed by atoms with Crippen molar-refractivity contribution < 1.29 is 22.1 Å². The van der Waals surface area contributed by atoms with Crippen LogP contribution in [0.5, 0.6) is 5.75 Å². The van der Waals surface area contributed by atoms with Crippen LogP contribution in [0.1, 0.15) is 44.9 Å². The highest BCUT2D eigenvalue weighted by atomic mass is 32.2. The van der Waals surface area contributed by atoms with Gasteiger partial charge < -0.3 is 4.74 Å². The lowest BCUT2D eigenvalue weighted by molar-refractivity contribution is -0.274. The zero-order chi connectivity index (χ0) is 16.4. The maximum absolute atomic E-state index is 12.2. The van der Waals surface area contributed by atoms with Gasteiger partial charge in [0.15, 0.2) is 0 Å². The quantitative estimate of drug-likeness (QED) is 0.909. The highest BCUT2D eigenvalue weighted by Gasteiger charge is 2.31. The Kier molecular flexibility index (Phi) is 5.44. The smallest absolute Gasteiger partial charge is 0.406 e. The predicted octanol–water partition coefficient (Wildman–Crippen LogP) is 4.01. The minimum atomic E-state index is -4.70. The van der Waals surface area contributed by atoms with Crippen LogP contribution in [0.25, 0.3) is 0 Å². The van der Waals surface area contributed by atoms with Crippen molar-refractivity contribution in [1.29, 1.82) is 0 Å². The molecule has 0 bridgehead atoms. The number of alkyl halides is 3. The Balaban J connectivity index is 2.86. The van der Waals surface area contributed by atoms with Crippen LogP contribution in [0.3, 0.4) is 0 Å². The molecule has 0 fully saturated rings. The maximum Gasteiger partial charge on any atom is 0.573 e. The van der Waals surface area contributed by atoms with Crippen molar-refractivity contribution in [3.05, 3.63) is 29.3 Å². The fraction of sp³-hybridized carbons (Fsp3) is 0.571. The third-order valence-corrected chi connectivity index (χ3v) is 4.44. The molecule has 0 aliphatic heterocycles. The van der Waals surface area contributed by atoms with E-state index in [4.69, 9.17) is 0 Å². The third-order valence-electron chi connectivity index (χ3n) is 2.76. The monoisotopic (exact) mass is 323 g/mol. The van der Waals surface area contributed by atoms with Gasteiger partial charge in [0.1, 0.15) is 5.75 Å². The molecule has 0 aromatic heterocycles. The molecule has 0 radical (unpaired) electrons. The first-order valence-corrected chi connectivity index (χ1v) is 7.59. The Hall–Kier alpha value is -1.08. The van der Waals surface area contributed by atoms with E-state index in [9.17, 15) is 17.4 Å². The van der Waals surface area contributed by atoms with E-state index in [1.165, 1.54) is 19.1 Å². The van der Waals surface area contributed by atoms with Gasteiger partial charge in [-0.25, -0.2) is 8.93 Å². The van der Waals surface area contributed by atoms with Crippen LogP contribution >= 0.6 is 0 Å². The van der Waals surface area contributed by atoms with E-state index in [0.717, 1.165) is 5.56 Å². The first-order valence-electron chi connectivity index (χ1n) is 6.44. The van der Waals surface area contributed by atoms with E-state index in [-0.39, 0.29) is 11.8 Å². The van der Waals surface area contributed by atoms with E-state index >= 15 is 0 Å². The molecule has 0 saturated heterocycles. The minimum Gasteiger partial charge on any atom is -0.406 e. The molecule has 0 saturated carbocycles. The van der Waals surface area contributed by atoms with Crippen LogP contribution in [-0.4, -0.2) is 15.3 Å². The summed E-state index contributed by atoms with van der Waals surface area (Å²) in [6.07, 6.45) is -4.70. The van der Waals surface area contributed by atoms with Gasteiger partial charge >= 0.3 is 6.36 Å². The highest BCUT2D eigenvalue weighted by molar-refractivity contribution is 7.84. The second-order valence-electron chi connectivity index (χ2n) is 5.79. The van der Waals surface area contributed by atoms with Gasteiger partial charge in [-0.1, -0.05) is 12.1 Å². The fourth-order valence-corrected chi connectivity index (χ4v) is 2.40. The van der Waals surface area contributed by atoms with E-state index in [2.05, 4.69) is 9.46 Å². The average Bonchev–Trinajstić information content (AvgIpc) is 2.28. The molecule has 7 heteroatoms. The van der Waals surface area contributed by atoms with Crippen molar-refractivity contribution in [2.24, 2.45) is 0 Å². The lowest BCUT2D eigenvalue weighted by Gasteiger charge is -2.22. The van der Waals surface area contributed by atoms with Crippen molar-refractivity contribution in [3.63, 3.8) is 0 Å². The largest absolute Gasteiger partial charge is 0.573 e. The molecule has 2 atom stereocenters. The maximum atomic E-state index is 12.2. The van der Waals surface area contributed by atoms with Gasteiger partial charge in [-0.15, -0.1) is 13.2 Å². The molecule has 1 N–H and O–H groups in total. The number of aryl methyl sites for hydroxylation is 1. The molecular formula is C14H20F3NO2S. The van der Waals surface area contributed by atoms with Gasteiger partial charge in [0.25, 0.3) is 0 Å². The zero-order valence-corrected chi connectivity index (χ0v) is 13.5. The van der Waals surface area contributed by atoms with Gasteiger partial charge in [-0.05, 0) is 51.8 Å². The number of benzene rings is 1. The van der Waals surface area contributed by atoms with E-state index in [1.54, 1.807) is 6.07 Å². The van der Waals surface area contributed by atoms with Crippen molar-refractivity contribution in [2.75, 3.05) is 0 Å². The first kappa shape index (κ1) is 18.0. The number of halogens is 3. The average molecular weight is 323 g/mol. The topological polar surface area (TPSA) is 38.3 Å². The van der Waals surface area contributed by atoms with Gasteiger partial charge in [0, 0.05) is 6.04 Å². The first-order chi connectivity index (χ1) is 9.40. The van der Waals surface area contributed by atoms with E-state index in [1.807, 2.05) is 27.7 Å². The van der Waals surface area contributed by atoms with Gasteiger partial charge in [0.05, 0.1) is 15.7 Å². The summed E-state index contributed by atoms with van der Waals surface area (Å²) in [7, 11) is -1.26. The standard InChI is InChI=1S/C14H20F3NO2S/c1-9-8-11(6-7-12(9)20-14(15,16)17)10(2)18-21(19)13(3,4)5/h6-8,10,18H,1-5H3/t10?,21-/m1/s1. The second-order valence-corrected chi connectivity index (χ2v) is 7.79. The summed E-state index contributed by atoms with van der Waals surface area (Å²) in [5, 5.41) is 0. The van der Waals surface area contributed by atoms with Crippen molar-refractivity contribution in [3.8, 4) is 5.75 Å². The van der Waals surface area contributed by atoms with E-state index in [0.29, 0.717) is 5.56 Å². The summed E-state index contributed by atoms with van der Waals surface area (Å²) < 4.78 is 55.1. The molecular weight excluding hydrogens is 303 g/mol. The lowest BCUT2D eigenvalue weighted by atomic mass is 10.1. The molecule has 1 unspecified atom stereocenters. The zero-order valence-electron chi connectivity index (χ0n) is 12.7. The van der Waals surface area contributed by atoms with Crippen molar-refractivity contribution in [2.45, 2.75) is 51.8 Å². The third kappa shape index (κ3) is 5.67. The van der Waals surface area contributed by atoms with Crippen LogP contribution < -0.4 is 9.46 Å². The summed E-state index contributed by atoms with van der Waals surface area (Å²) in [5.74, 6) is -0.226. The Morgan fingerprint density at radius 3 is 2.24 bits per heavy atom.